The number of hydrogen-bond acceptors (Lipinski definition) is 3. The largest absolute Gasteiger partial charge is 0.324 e. The van der Waals surface area contributed by atoms with Gasteiger partial charge in [-0.25, -0.2) is 0 Å². The molecule has 0 saturated heterocycles. The van der Waals surface area contributed by atoms with E-state index in [-0.39, 0.29) is 6.04 Å². The molecular formula is C17H27N3. The quantitative estimate of drug-likeness (QED) is 0.886. The Kier molecular flexibility index (Phi) is 3.85. The fourth-order valence-corrected chi connectivity index (χ4v) is 4.00. The SMILES string of the molecule is CN(C)C1(CNC2CC(N)c3ccccc32)CCCC1. The molecule has 2 unspecified atom stereocenters. The molecule has 1 saturated carbocycles. The van der Waals surface area contributed by atoms with E-state index in [0.29, 0.717) is 11.6 Å². The summed E-state index contributed by atoms with van der Waals surface area (Å²) >= 11 is 0. The predicted molar refractivity (Wildman–Crippen MR) is 83.6 cm³/mol. The molecule has 1 fully saturated rings. The van der Waals surface area contributed by atoms with Crippen molar-refractivity contribution in [3.05, 3.63) is 35.4 Å². The molecule has 2 aliphatic rings. The molecular weight excluding hydrogens is 246 g/mol. The number of fused-ring (bicyclic) bond motifs is 1. The van der Waals surface area contributed by atoms with E-state index in [1.54, 1.807) is 0 Å². The van der Waals surface area contributed by atoms with Crippen LogP contribution in [0.15, 0.2) is 24.3 Å². The number of likely N-dealkylation sites (N-methyl/N-ethyl adjacent to an activating group) is 1. The second kappa shape index (κ2) is 5.47. The zero-order chi connectivity index (χ0) is 14.2. The monoisotopic (exact) mass is 273 g/mol. The summed E-state index contributed by atoms with van der Waals surface area (Å²) in [5.41, 5.74) is 9.35. The molecule has 0 amide bonds. The summed E-state index contributed by atoms with van der Waals surface area (Å²) in [7, 11) is 4.45. The van der Waals surface area contributed by atoms with Crippen LogP contribution in [0.4, 0.5) is 0 Å². The van der Waals surface area contributed by atoms with E-state index >= 15 is 0 Å². The second-order valence-electron chi connectivity index (χ2n) is 6.73. The molecule has 20 heavy (non-hydrogen) atoms. The van der Waals surface area contributed by atoms with Crippen molar-refractivity contribution in [2.45, 2.75) is 49.7 Å². The minimum atomic E-state index is 0.197. The van der Waals surface area contributed by atoms with E-state index in [1.165, 1.54) is 36.8 Å². The minimum absolute atomic E-state index is 0.197. The Balaban J connectivity index is 1.70. The lowest BCUT2D eigenvalue weighted by molar-refractivity contribution is 0.148. The maximum absolute atomic E-state index is 6.26. The Morgan fingerprint density at radius 1 is 1.20 bits per heavy atom. The van der Waals surface area contributed by atoms with Gasteiger partial charge in [0.15, 0.2) is 0 Å². The highest BCUT2D eigenvalue weighted by atomic mass is 15.2. The second-order valence-corrected chi connectivity index (χ2v) is 6.73. The summed E-state index contributed by atoms with van der Waals surface area (Å²) in [6, 6.07) is 9.26. The van der Waals surface area contributed by atoms with E-state index in [9.17, 15) is 0 Å². The van der Waals surface area contributed by atoms with Gasteiger partial charge in [-0.05, 0) is 44.5 Å². The lowest BCUT2D eigenvalue weighted by Gasteiger charge is -2.37. The molecule has 3 N–H and O–H groups in total. The van der Waals surface area contributed by atoms with Crippen LogP contribution < -0.4 is 11.1 Å². The van der Waals surface area contributed by atoms with Gasteiger partial charge in [-0.3, -0.25) is 0 Å². The Morgan fingerprint density at radius 3 is 2.50 bits per heavy atom. The van der Waals surface area contributed by atoms with Crippen LogP contribution in [0.1, 0.15) is 55.3 Å². The fraction of sp³-hybridized carbons (Fsp3) is 0.647. The van der Waals surface area contributed by atoms with Crippen LogP contribution in [0.5, 0.6) is 0 Å². The molecule has 0 radical (unpaired) electrons. The van der Waals surface area contributed by atoms with Crippen LogP contribution in [0.25, 0.3) is 0 Å². The van der Waals surface area contributed by atoms with Gasteiger partial charge in [-0.1, -0.05) is 37.1 Å². The predicted octanol–water partition coefficient (Wildman–Crippen LogP) is 2.60. The molecule has 2 atom stereocenters. The normalized spacial score (nSPS) is 28.0. The highest BCUT2D eigenvalue weighted by molar-refractivity contribution is 5.37. The summed E-state index contributed by atoms with van der Waals surface area (Å²) in [4.78, 5) is 2.42. The van der Waals surface area contributed by atoms with E-state index < -0.39 is 0 Å². The van der Waals surface area contributed by atoms with Crippen molar-refractivity contribution in [2.24, 2.45) is 5.73 Å². The number of nitrogens with two attached hydrogens (primary N) is 1. The van der Waals surface area contributed by atoms with Crippen molar-refractivity contribution in [2.75, 3.05) is 20.6 Å². The number of nitrogens with one attached hydrogen (secondary N) is 1. The molecule has 0 aliphatic heterocycles. The van der Waals surface area contributed by atoms with Gasteiger partial charge in [0.25, 0.3) is 0 Å². The highest BCUT2D eigenvalue weighted by Gasteiger charge is 2.37. The summed E-state index contributed by atoms with van der Waals surface area (Å²) < 4.78 is 0. The smallest absolute Gasteiger partial charge is 0.0342 e. The highest BCUT2D eigenvalue weighted by Crippen LogP contribution is 2.39. The van der Waals surface area contributed by atoms with Crippen molar-refractivity contribution in [1.29, 1.82) is 0 Å². The Morgan fingerprint density at radius 2 is 1.85 bits per heavy atom. The average Bonchev–Trinajstić information content (AvgIpc) is 3.04. The Bertz CT molecular complexity index is 463. The van der Waals surface area contributed by atoms with E-state index in [4.69, 9.17) is 5.73 Å². The first-order valence-electron chi connectivity index (χ1n) is 7.88. The van der Waals surface area contributed by atoms with Gasteiger partial charge >= 0.3 is 0 Å². The Hall–Kier alpha value is -0.900. The van der Waals surface area contributed by atoms with Crippen molar-refractivity contribution in [3.63, 3.8) is 0 Å². The van der Waals surface area contributed by atoms with Crippen molar-refractivity contribution in [3.8, 4) is 0 Å². The first-order chi connectivity index (χ1) is 9.62. The standard InChI is InChI=1S/C17H27N3/c1-20(2)17(9-5-6-10-17)12-19-16-11-15(18)13-7-3-4-8-14(13)16/h3-4,7-8,15-16,19H,5-6,9-12,18H2,1-2H3. The summed E-state index contributed by atoms with van der Waals surface area (Å²) in [5.74, 6) is 0. The van der Waals surface area contributed by atoms with E-state index in [2.05, 4.69) is 48.6 Å². The first kappa shape index (κ1) is 14.1. The lowest BCUT2D eigenvalue weighted by atomic mass is 9.95. The zero-order valence-electron chi connectivity index (χ0n) is 12.7. The third-order valence-corrected chi connectivity index (χ3v) is 5.42. The third-order valence-electron chi connectivity index (χ3n) is 5.42. The van der Waals surface area contributed by atoms with Crippen molar-refractivity contribution < 1.29 is 0 Å². The molecule has 3 rings (SSSR count). The average molecular weight is 273 g/mol. The first-order valence-corrected chi connectivity index (χ1v) is 7.88. The fourth-order valence-electron chi connectivity index (χ4n) is 4.00. The molecule has 2 aliphatic carbocycles. The van der Waals surface area contributed by atoms with Gasteiger partial charge in [-0.2, -0.15) is 0 Å². The molecule has 0 spiro atoms. The number of nitrogens with zero attached hydrogens (tertiary/aromatic N) is 1. The Labute approximate surface area is 122 Å². The number of hydrogen-bond donors (Lipinski definition) is 2. The van der Waals surface area contributed by atoms with Crippen LogP contribution in [0, 0.1) is 0 Å². The number of rotatable bonds is 4. The maximum Gasteiger partial charge on any atom is 0.0342 e. The molecule has 0 bridgehead atoms. The van der Waals surface area contributed by atoms with Gasteiger partial charge in [0, 0.05) is 24.2 Å². The van der Waals surface area contributed by atoms with E-state index in [1.807, 2.05) is 0 Å². The molecule has 3 nitrogen and oxygen atoms in total. The summed E-state index contributed by atoms with van der Waals surface area (Å²) in [6.07, 6.45) is 6.38. The van der Waals surface area contributed by atoms with Crippen LogP contribution >= 0.6 is 0 Å². The van der Waals surface area contributed by atoms with Gasteiger partial charge < -0.3 is 16.0 Å². The van der Waals surface area contributed by atoms with Gasteiger partial charge in [-0.15, -0.1) is 0 Å². The van der Waals surface area contributed by atoms with Crippen molar-refractivity contribution >= 4 is 0 Å². The zero-order valence-corrected chi connectivity index (χ0v) is 12.7. The lowest BCUT2D eigenvalue weighted by Crippen LogP contribution is -2.50. The van der Waals surface area contributed by atoms with Gasteiger partial charge in [0.2, 0.25) is 0 Å². The minimum Gasteiger partial charge on any atom is -0.324 e. The third kappa shape index (κ3) is 2.39. The summed E-state index contributed by atoms with van der Waals surface area (Å²) in [5, 5.41) is 3.81. The maximum atomic E-state index is 6.26. The molecule has 0 aromatic heterocycles. The topological polar surface area (TPSA) is 41.3 Å². The van der Waals surface area contributed by atoms with Crippen molar-refractivity contribution in [1.82, 2.24) is 10.2 Å². The van der Waals surface area contributed by atoms with Crippen LogP contribution in [0.3, 0.4) is 0 Å². The van der Waals surface area contributed by atoms with Gasteiger partial charge in [0.05, 0.1) is 0 Å². The molecule has 110 valence electrons. The molecule has 1 aromatic carbocycles. The van der Waals surface area contributed by atoms with E-state index in [0.717, 1.165) is 13.0 Å². The van der Waals surface area contributed by atoms with Gasteiger partial charge in [0.1, 0.15) is 0 Å². The molecule has 1 aromatic rings. The molecule has 0 heterocycles. The molecule has 3 heteroatoms. The van der Waals surface area contributed by atoms with Crippen LogP contribution in [-0.2, 0) is 0 Å². The summed E-state index contributed by atoms with van der Waals surface area (Å²) in [6.45, 7) is 1.08. The number of benzene rings is 1. The van der Waals surface area contributed by atoms with Crippen LogP contribution in [-0.4, -0.2) is 31.1 Å². The van der Waals surface area contributed by atoms with Crippen LogP contribution in [0.2, 0.25) is 0 Å².